The number of carbonyl (C=O) groups is 2. The largest absolute Gasteiger partial charge is 0.493 e. The van der Waals surface area contributed by atoms with Gasteiger partial charge < -0.3 is 19.7 Å². The summed E-state index contributed by atoms with van der Waals surface area (Å²) in [6.07, 6.45) is 11.2. The molecule has 4 saturated heterocycles. The Labute approximate surface area is 208 Å². The summed E-state index contributed by atoms with van der Waals surface area (Å²) in [5, 5.41) is 3.07. The number of nitrogens with zero attached hydrogens (tertiary/aromatic N) is 2. The van der Waals surface area contributed by atoms with Crippen LogP contribution in [0.15, 0.2) is 18.2 Å². The lowest BCUT2D eigenvalue weighted by atomic mass is 9.67. The lowest BCUT2D eigenvalue weighted by molar-refractivity contribution is -0.153. The molecule has 0 bridgehead atoms. The summed E-state index contributed by atoms with van der Waals surface area (Å²) in [5.41, 5.74) is 0.516. The van der Waals surface area contributed by atoms with Crippen molar-refractivity contribution in [3.63, 3.8) is 0 Å². The third-order valence-electron chi connectivity index (χ3n) is 9.33. The van der Waals surface area contributed by atoms with E-state index in [-0.39, 0.29) is 17.9 Å². The molecule has 1 unspecified atom stereocenters. The summed E-state index contributed by atoms with van der Waals surface area (Å²) in [5.74, 6) is 2.34. The molecule has 35 heavy (non-hydrogen) atoms. The molecule has 1 N–H and O–H groups in total. The van der Waals surface area contributed by atoms with E-state index in [2.05, 4.69) is 15.1 Å². The van der Waals surface area contributed by atoms with E-state index in [9.17, 15) is 9.59 Å². The number of amides is 2. The van der Waals surface area contributed by atoms with Crippen LogP contribution < -0.4 is 14.8 Å². The molecule has 7 nitrogen and oxygen atoms in total. The number of hydrogen-bond donors (Lipinski definition) is 1. The maximum absolute atomic E-state index is 13.6. The first-order valence-electron chi connectivity index (χ1n) is 13.8. The lowest BCUT2D eigenvalue weighted by Crippen LogP contribution is -2.69. The van der Waals surface area contributed by atoms with Gasteiger partial charge in [-0.25, -0.2) is 0 Å². The Hall–Kier alpha value is -2.28. The zero-order valence-electron chi connectivity index (χ0n) is 20.9. The molecule has 0 radical (unpaired) electrons. The molecule has 4 heterocycles. The molecule has 0 aromatic heterocycles. The van der Waals surface area contributed by atoms with Crippen molar-refractivity contribution in [2.75, 3.05) is 26.7 Å². The summed E-state index contributed by atoms with van der Waals surface area (Å²) in [6.45, 7) is 3.31. The van der Waals surface area contributed by atoms with E-state index in [0.29, 0.717) is 41.0 Å². The number of hydrogen-bond acceptors (Lipinski definition) is 5. The van der Waals surface area contributed by atoms with Crippen LogP contribution in [0.4, 0.5) is 0 Å². The van der Waals surface area contributed by atoms with Crippen molar-refractivity contribution in [3.05, 3.63) is 23.8 Å². The van der Waals surface area contributed by atoms with Gasteiger partial charge in [0.25, 0.3) is 5.91 Å². The first-order valence-corrected chi connectivity index (χ1v) is 13.8. The van der Waals surface area contributed by atoms with Crippen LogP contribution in [0.3, 0.4) is 0 Å². The Balaban J connectivity index is 1.15. The van der Waals surface area contributed by atoms with E-state index in [0.717, 1.165) is 32.2 Å². The van der Waals surface area contributed by atoms with Gasteiger partial charge in [-0.2, -0.15) is 0 Å². The van der Waals surface area contributed by atoms with Crippen LogP contribution in [0, 0.1) is 11.8 Å². The maximum atomic E-state index is 13.6. The molecule has 4 aliphatic heterocycles. The first-order chi connectivity index (χ1) is 17.1. The fourth-order valence-corrected chi connectivity index (χ4v) is 7.75. The molecule has 0 spiro atoms. The van der Waals surface area contributed by atoms with Crippen LogP contribution in [0.25, 0.3) is 0 Å². The minimum atomic E-state index is -0.445. The Morgan fingerprint density at radius 1 is 0.971 bits per heavy atom. The predicted octanol–water partition coefficient (Wildman–Crippen LogP) is 3.61. The number of benzene rings is 1. The molecule has 1 aromatic rings. The van der Waals surface area contributed by atoms with Crippen LogP contribution >= 0.6 is 0 Å². The molecular formula is C28H39N3O4. The Kier molecular flexibility index (Phi) is 6.37. The Bertz CT molecular complexity index is 960. The van der Waals surface area contributed by atoms with Crippen LogP contribution in [0.2, 0.25) is 0 Å². The van der Waals surface area contributed by atoms with Gasteiger partial charge in [0.15, 0.2) is 11.5 Å². The monoisotopic (exact) mass is 481 g/mol. The van der Waals surface area contributed by atoms with Crippen molar-refractivity contribution in [2.24, 2.45) is 11.8 Å². The number of ether oxygens (including phenoxy) is 2. The van der Waals surface area contributed by atoms with Gasteiger partial charge >= 0.3 is 0 Å². The molecule has 5 atom stereocenters. The number of methoxy groups -OCH3 is 1. The molecule has 7 heteroatoms. The summed E-state index contributed by atoms with van der Waals surface area (Å²) in [7, 11) is 1.62. The van der Waals surface area contributed by atoms with E-state index in [4.69, 9.17) is 9.47 Å². The fourth-order valence-electron chi connectivity index (χ4n) is 7.75. The van der Waals surface area contributed by atoms with Crippen LogP contribution in [-0.2, 0) is 4.79 Å². The van der Waals surface area contributed by atoms with Gasteiger partial charge in [0.1, 0.15) is 6.04 Å². The normalized spacial score (nSPS) is 33.1. The molecule has 1 aliphatic carbocycles. The molecule has 6 rings (SSSR count). The lowest BCUT2D eigenvalue weighted by Gasteiger charge is -2.59. The van der Waals surface area contributed by atoms with E-state index in [1.54, 1.807) is 25.3 Å². The number of nitrogens with one attached hydrogen (secondary N) is 1. The number of fused-ring (bicyclic) bond motifs is 2. The highest BCUT2D eigenvalue weighted by Crippen LogP contribution is 2.44. The first kappa shape index (κ1) is 23.1. The van der Waals surface area contributed by atoms with E-state index in [1.807, 2.05) is 0 Å². The fraction of sp³-hybridized carbons (Fsp3) is 0.714. The van der Waals surface area contributed by atoms with Gasteiger partial charge in [-0.1, -0.05) is 0 Å². The quantitative estimate of drug-likeness (QED) is 0.696. The van der Waals surface area contributed by atoms with Crippen molar-refractivity contribution >= 4 is 11.8 Å². The predicted molar refractivity (Wildman–Crippen MR) is 133 cm³/mol. The van der Waals surface area contributed by atoms with Crippen molar-refractivity contribution in [3.8, 4) is 11.5 Å². The topological polar surface area (TPSA) is 71.1 Å². The number of rotatable bonds is 5. The third kappa shape index (κ3) is 4.30. The van der Waals surface area contributed by atoms with Crippen molar-refractivity contribution in [2.45, 2.75) is 88.4 Å². The molecule has 5 fully saturated rings. The Morgan fingerprint density at radius 2 is 1.77 bits per heavy atom. The molecular weight excluding hydrogens is 442 g/mol. The minimum absolute atomic E-state index is 0.117. The summed E-state index contributed by atoms with van der Waals surface area (Å²) in [4.78, 5) is 31.7. The molecule has 190 valence electrons. The second kappa shape index (κ2) is 9.64. The van der Waals surface area contributed by atoms with Crippen molar-refractivity contribution in [1.82, 2.24) is 15.1 Å². The molecule has 2 amide bonds. The highest BCUT2D eigenvalue weighted by molar-refractivity contribution is 5.98. The van der Waals surface area contributed by atoms with E-state index < -0.39 is 6.04 Å². The highest BCUT2D eigenvalue weighted by Gasteiger charge is 2.52. The van der Waals surface area contributed by atoms with Crippen molar-refractivity contribution < 1.29 is 19.1 Å². The smallest absolute Gasteiger partial charge is 0.252 e. The highest BCUT2D eigenvalue weighted by atomic mass is 16.5. The maximum Gasteiger partial charge on any atom is 0.252 e. The van der Waals surface area contributed by atoms with Crippen LogP contribution in [-0.4, -0.2) is 72.6 Å². The summed E-state index contributed by atoms with van der Waals surface area (Å²) < 4.78 is 11.6. The standard InChI is InChI=1S/C28H39N3O4/c1-34-24-13-10-18(16-25(24)35-20-7-2-3-8-20)27(32)29-22-11-12-23-21-9-5-15-30-14-4-6-19(26(21)30)17-31(23)28(22)33/h10,13,16,19-23,26H,2-9,11-12,14-15,17H2,1H3,(H,29,32)/t19-,21+,22?,23+,26-/m0/s1. The van der Waals surface area contributed by atoms with Crippen LogP contribution in [0.5, 0.6) is 11.5 Å². The van der Waals surface area contributed by atoms with Crippen molar-refractivity contribution in [1.29, 1.82) is 0 Å². The van der Waals surface area contributed by atoms with Gasteiger partial charge in [-0.3, -0.25) is 14.5 Å². The SMILES string of the molecule is COc1ccc(C(=O)NC2CC[C@@H]3[C@H]4CCCN5CCC[C@@H](CN3C2=O)[C@@H]45)cc1OC1CCCC1. The minimum Gasteiger partial charge on any atom is -0.493 e. The molecule has 5 aliphatic rings. The summed E-state index contributed by atoms with van der Waals surface area (Å²) in [6, 6.07) is 5.88. The zero-order chi connectivity index (χ0) is 23.9. The average Bonchev–Trinajstić information content (AvgIpc) is 3.39. The second-order valence-corrected chi connectivity index (χ2v) is 11.3. The van der Waals surface area contributed by atoms with Gasteiger partial charge in [-0.05, 0) is 107 Å². The zero-order valence-corrected chi connectivity index (χ0v) is 20.9. The van der Waals surface area contributed by atoms with Crippen LogP contribution in [0.1, 0.15) is 74.6 Å². The number of piperidine rings is 4. The van der Waals surface area contributed by atoms with Gasteiger partial charge in [0.2, 0.25) is 5.91 Å². The summed E-state index contributed by atoms with van der Waals surface area (Å²) >= 11 is 0. The van der Waals surface area contributed by atoms with E-state index in [1.165, 1.54) is 51.6 Å². The average molecular weight is 482 g/mol. The molecule has 1 saturated carbocycles. The third-order valence-corrected chi connectivity index (χ3v) is 9.33. The van der Waals surface area contributed by atoms with Gasteiger partial charge in [-0.15, -0.1) is 0 Å². The Morgan fingerprint density at radius 3 is 2.57 bits per heavy atom. The van der Waals surface area contributed by atoms with Gasteiger partial charge in [0, 0.05) is 24.2 Å². The van der Waals surface area contributed by atoms with E-state index >= 15 is 0 Å². The number of carbonyl (C=O) groups excluding carboxylic acids is 2. The van der Waals surface area contributed by atoms with Gasteiger partial charge in [0.05, 0.1) is 13.2 Å². The molecule has 1 aromatic carbocycles. The second-order valence-electron chi connectivity index (χ2n) is 11.3.